The summed E-state index contributed by atoms with van der Waals surface area (Å²) in [5, 5.41) is 11.4. The molecule has 1 N–H and O–H groups in total. The van der Waals surface area contributed by atoms with E-state index in [1.165, 1.54) is 6.20 Å². The van der Waals surface area contributed by atoms with E-state index in [-0.39, 0.29) is 10.6 Å². The lowest BCUT2D eigenvalue weighted by Crippen LogP contribution is -2.39. The first-order valence-electron chi connectivity index (χ1n) is 5.12. The van der Waals surface area contributed by atoms with Gasteiger partial charge in [0, 0.05) is 0 Å². The fourth-order valence-electron chi connectivity index (χ4n) is 2.05. The van der Waals surface area contributed by atoms with Gasteiger partial charge in [0.15, 0.2) is 5.52 Å². The number of hydrogen-bond acceptors (Lipinski definition) is 3. The number of imidazole rings is 1. The van der Waals surface area contributed by atoms with Crippen LogP contribution in [0, 0.1) is 5.41 Å². The van der Waals surface area contributed by atoms with Gasteiger partial charge in [-0.2, -0.15) is 0 Å². The van der Waals surface area contributed by atoms with E-state index in [4.69, 9.17) is 5.41 Å². The molecule has 0 aliphatic heterocycles. The molecule has 0 atom stereocenters. The Kier molecular flexibility index (Phi) is 1.84. The van der Waals surface area contributed by atoms with Crippen LogP contribution < -0.4 is 15.2 Å². The number of para-hydroxylation sites is 2. The van der Waals surface area contributed by atoms with E-state index in [1.54, 1.807) is 9.08 Å². The number of hydrogen-bond donors (Lipinski definition) is 1. The third-order valence-electron chi connectivity index (χ3n) is 2.87. The number of rotatable bonds is 0. The minimum atomic E-state index is -0.228. The standard InChI is InChI=1S/C12H9N4O/c1-15-9-4-2-3-5-10(9)16-12(15)11(17)8(6-13)7-14-16/h2-5,7,13H,1H3/q+1. The molecule has 1 aromatic carbocycles. The van der Waals surface area contributed by atoms with Crippen molar-refractivity contribution in [3.63, 3.8) is 0 Å². The molecule has 3 aromatic rings. The summed E-state index contributed by atoms with van der Waals surface area (Å²) in [6.07, 6.45) is 1.37. The molecule has 17 heavy (non-hydrogen) atoms. The zero-order valence-electron chi connectivity index (χ0n) is 9.14. The first-order chi connectivity index (χ1) is 8.24. The Hall–Kier alpha value is -2.52. The molecule has 0 spiro atoms. The van der Waals surface area contributed by atoms with Crippen molar-refractivity contribution < 1.29 is 4.57 Å². The zero-order valence-corrected chi connectivity index (χ0v) is 9.14. The van der Waals surface area contributed by atoms with Gasteiger partial charge in [0.1, 0.15) is 5.22 Å². The topological polar surface area (TPSA) is 62.1 Å². The Morgan fingerprint density at radius 2 is 2.18 bits per heavy atom. The fraction of sp³-hybridized carbons (Fsp3) is 0.0833. The van der Waals surface area contributed by atoms with Gasteiger partial charge in [0.25, 0.3) is 5.43 Å². The second-order valence-electron chi connectivity index (χ2n) is 3.80. The first kappa shape index (κ1) is 9.69. The number of fused-ring (bicyclic) bond motifs is 3. The van der Waals surface area contributed by atoms with Crippen LogP contribution in [-0.2, 0) is 7.05 Å². The van der Waals surface area contributed by atoms with Gasteiger partial charge >= 0.3 is 5.65 Å². The van der Waals surface area contributed by atoms with E-state index in [9.17, 15) is 4.79 Å². The molecule has 2 aromatic heterocycles. The molecular formula is C12H9N4O+. The summed E-state index contributed by atoms with van der Waals surface area (Å²) in [5.41, 5.74) is 2.02. The average Bonchev–Trinajstić information content (AvgIpc) is 2.65. The number of benzene rings is 1. The van der Waals surface area contributed by atoms with Crippen molar-refractivity contribution in [1.29, 1.82) is 5.41 Å². The van der Waals surface area contributed by atoms with E-state index in [0.717, 1.165) is 11.0 Å². The Morgan fingerprint density at radius 1 is 1.41 bits per heavy atom. The molecule has 5 nitrogen and oxygen atoms in total. The molecule has 5 heteroatoms. The van der Waals surface area contributed by atoms with Gasteiger partial charge in [-0.25, -0.2) is 4.57 Å². The minimum absolute atomic E-state index is 0.177. The summed E-state index contributed by atoms with van der Waals surface area (Å²) in [6.45, 7) is 0. The summed E-state index contributed by atoms with van der Waals surface area (Å²) in [4.78, 5) is 12.1. The van der Waals surface area contributed by atoms with Crippen LogP contribution in [-0.4, -0.2) is 15.5 Å². The van der Waals surface area contributed by atoms with Crippen LogP contribution in [0.2, 0.25) is 0 Å². The highest BCUT2D eigenvalue weighted by molar-refractivity contribution is 5.74. The molecular weight excluding hydrogens is 216 g/mol. The molecule has 0 saturated heterocycles. The summed E-state index contributed by atoms with van der Waals surface area (Å²) in [6, 6.07) is 7.65. The van der Waals surface area contributed by atoms with E-state index in [0.29, 0.717) is 5.65 Å². The molecule has 82 valence electrons. The SMILES string of the molecule is C[n+]1c2ccccc2n2ncc(=C=N)c(=O)c21. The Labute approximate surface area is 95.7 Å². The molecule has 0 fully saturated rings. The maximum absolute atomic E-state index is 12.1. The lowest BCUT2D eigenvalue weighted by Gasteiger charge is -1.84. The van der Waals surface area contributed by atoms with Crippen molar-refractivity contribution in [3.05, 3.63) is 45.9 Å². The Morgan fingerprint density at radius 3 is 2.94 bits per heavy atom. The van der Waals surface area contributed by atoms with E-state index < -0.39 is 0 Å². The van der Waals surface area contributed by atoms with Crippen molar-refractivity contribution in [1.82, 2.24) is 9.61 Å². The van der Waals surface area contributed by atoms with Crippen molar-refractivity contribution in [2.45, 2.75) is 0 Å². The molecule has 3 rings (SSSR count). The van der Waals surface area contributed by atoms with Gasteiger partial charge in [0.2, 0.25) is 5.52 Å². The monoisotopic (exact) mass is 225 g/mol. The van der Waals surface area contributed by atoms with Crippen LogP contribution in [0.15, 0.2) is 35.3 Å². The highest BCUT2D eigenvalue weighted by Crippen LogP contribution is 2.09. The third kappa shape index (κ3) is 1.14. The Bertz CT molecular complexity index is 875. The normalized spacial score (nSPS) is 10.9. The van der Waals surface area contributed by atoms with Gasteiger partial charge in [-0.05, 0) is 18.0 Å². The van der Waals surface area contributed by atoms with Gasteiger partial charge in [-0.3, -0.25) is 10.2 Å². The van der Waals surface area contributed by atoms with Crippen molar-refractivity contribution in [3.8, 4) is 0 Å². The van der Waals surface area contributed by atoms with Crippen LogP contribution in [0.1, 0.15) is 0 Å². The lowest BCUT2D eigenvalue weighted by atomic mass is 10.3. The minimum Gasteiger partial charge on any atom is -0.279 e. The largest absolute Gasteiger partial charge is 0.357 e. The van der Waals surface area contributed by atoms with Gasteiger partial charge in [0.05, 0.1) is 13.2 Å². The number of aryl methyl sites for hydroxylation is 1. The summed E-state index contributed by atoms with van der Waals surface area (Å²) in [7, 11) is 1.81. The highest BCUT2D eigenvalue weighted by atomic mass is 16.1. The predicted molar refractivity (Wildman–Crippen MR) is 62.2 cm³/mol. The predicted octanol–water partition coefficient (Wildman–Crippen LogP) is -0.689. The van der Waals surface area contributed by atoms with E-state index in [1.807, 2.05) is 31.3 Å². The smallest absolute Gasteiger partial charge is 0.279 e. The van der Waals surface area contributed by atoms with Gasteiger partial charge in [-0.1, -0.05) is 21.7 Å². The maximum atomic E-state index is 12.1. The summed E-state index contributed by atoms with van der Waals surface area (Å²) < 4.78 is 3.38. The number of nitrogens with zero attached hydrogens (tertiary/aromatic N) is 3. The van der Waals surface area contributed by atoms with Crippen LogP contribution in [0.3, 0.4) is 0 Å². The second kappa shape index (κ2) is 3.23. The molecule has 0 aliphatic carbocycles. The molecule has 0 radical (unpaired) electrons. The molecule has 0 unspecified atom stereocenters. The van der Waals surface area contributed by atoms with Crippen LogP contribution in [0.4, 0.5) is 0 Å². The number of aromatic nitrogens is 3. The maximum Gasteiger partial charge on any atom is 0.357 e. The van der Waals surface area contributed by atoms with Crippen molar-refractivity contribution in [2.24, 2.45) is 7.05 Å². The van der Waals surface area contributed by atoms with Gasteiger partial charge < -0.3 is 0 Å². The Balaban J connectivity index is 2.78. The quantitative estimate of drug-likeness (QED) is 0.406. The summed E-state index contributed by atoms with van der Waals surface area (Å²) >= 11 is 0. The van der Waals surface area contributed by atoms with E-state index in [2.05, 4.69) is 11.0 Å². The zero-order chi connectivity index (χ0) is 12.0. The third-order valence-corrected chi connectivity index (χ3v) is 2.87. The van der Waals surface area contributed by atoms with Crippen LogP contribution in [0.5, 0.6) is 0 Å². The number of nitrogens with one attached hydrogen (secondary N) is 1. The fourth-order valence-corrected chi connectivity index (χ4v) is 2.05. The van der Waals surface area contributed by atoms with Crippen LogP contribution >= 0.6 is 0 Å². The van der Waals surface area contributed by atoms with Crippen molar-refractivity contribution in [2.75, 3.05) is 0 Å². The lowest BCUT2D eigenvalue weighted by molar-refractivity contribution is -0.619. The molecule has 2 heterocycles. The van der Waals surface area contributed by atoms with Crippen molar-refractivity contribution >= 4 is 22.6 Å². The average molecular weight is 225 g/mol. The molecule has 0 saturated carbocycles. The molecule has 0 bridgehead atoms. The first-order valence-corrected chi connectivity index (χ1v) is 5.12. The molecule has 0 amide bonds. The molecule has 0 aliphatic rings. The summed E-state index contributed by atoms with van der Waals surface area (Å²) in [5.74, 6) is 2.11. The highest BCUT2D eigenvalue weighted by Gasteiger charge is 2.20. The van der Waals surface area contributed by atoms with Gasteiger partial charge in [-0.15, -0.1) is 0 Å². The second-order valence-corrected chi connectivity index (χ2v) is 3.80. The van der Waals surface area contributed by atoms with E-state index >= 15 is 0 Å². The van der Waals surface area contributed by atoms with Crippen LogP contribution in [0.25, 0.3) is 16.7 Å².